The zero-order chi connectivity index (χ0) is 14.1. The molecule has 1 aromatic heterocycles. The van der Waals surface area contributed by atoms with Crippen LogP contribution in [0, 0.1) is 0 Å². The third-order valence-electron chi connectivity index (χ3n) is 3.64. The van der Waals surface area contributed by atoms with Crippen LogP contribution in [0.25, 0.3) is 11.3 Å². The van der Waals surface area contributed by atoms with Gasteiger partial charge in [-0.15, -0.1) is 11.3 Å². The van der Waals surface area contributed by atoms with E-state index in [2.05, 4.69) is 16.9 Å². The molecule has 1 aromatic carbocycles. The van der Waals surface area contributed by atoms with E-state index in [0.29, 0.717) is 5.56 Å². The van der Waals surface area contributed by atoms with Crippen LogP contribution >= 0.6 is 11.3 Å². The molecule has 1 saturated heterocycles. The molecule has 3 N–H and O–H groups in total. The van der Waals surface area contributed by atoms with Gasteiger partial charge in [-0.3, -0.25) is 0 Å². The van der Waals surface area contributed by atoms with E-state index in [1.165, 1.54) is 6.07 Å². The topological polar surface area (TPSA) is 61.0 Å². The van der Waals surface area contributed by atoms with Crippen molar-refractivity contribution in [2.45, 2.75) is 0 Å². The quantitative estimate of drug-likeness (QED) is 0.757. The number of nitrogens with one attached hydrogen (secondary N) is 1. The molecule has 6 heteroatoms. The first kappa shape index (κ1) is 13.2. The number of hydrogen-bond donors (Lipinski definition) is 3. The van der Waals surface area contributed by atoms with Crippen molar-refractivity contribution in [1.29, 1.82) is 0 Å². The maximum absolute atomic E-state index is 9.89. The van der Waals surface area contributed by atoms with Gasteiger partial charge in [-0.2, -0.15) is 0 Å². The maximum Gasteiger partial charge on any atom is 0.186 e. The van der Waals surface area contributed by atoms with Crippen LogP contribution in [-0.2, 0) is 0 Å². The van der Waals surface area contributed by atoms with Crippen molar-refractivity contribution in [3.05, 3.63) is 23.6 Å². The second kappa shape index (κ2) is 5.30. The van der Waals surface area contributed by atoms with E-state index < -0.39 is 0 Å². The highest BCUT2D eigenvalue weighted by Gasteiger charge is 2.20. The number of aromatic nitrogens is 1. The minimum atomic E-state index is 0.0590. The molecule has 20 heavy (non-hydrogen) atoms. The zero-order valence-corrected chi connectivity index (χ0v) is 12.2. The summed E-state index contributed by atoms with van der Waals surface area (Å²) in [6.07, 6.45) is 0. The lowest BCUT2D eigenvalue weighted by Crippen LogP contribution is -3.12. The summed E-state index contributed by atoms with van der Waals surface area (Å²) in [6, 6.07) is 4.60. The molecule has 2 heterocycles. The first-order chi connectivity index (χ1) is 9.63. The van der Waals surface area contributed by atoms with Crippen LogP contribution in [-0.4, -0.2) is 48.4 Å². The van der Waals surface area contributed by atoms with Gasteiger partial charge in [0.2, 0.25) is 0 Å². The summed E-state index contributed by atoms with van der Waals surface area (Å²) in [5.74, 6) is 0.119. The lowest BCUT2D eigenvalue weighted by atomic mass is 10.1. The van der Waals surface area contributed by atoms with E-state index >= 15 is 0 Å². The fraction of sp³-hybridized carbons (Fsp3) is 0.357. The zero-order valence-electron chi connectivity index (χ0n) is 11.3. The highest BCUT2D eigenvalue weighted by atomic mass is 32.1. The van der Waals surface area contributed by atoms with Gasteiger partial charge in [0.15, 0.2) is 5.13 Å². The van der Waals surface area contributed by atoms with Crippen molar-refractivity contribution in [3.8, 4) is 22.8 Å². The van der Waals surface area contributed by atoms with E-state index in [-0.39, 0.29) is 11.5 Å². The Kier molecular flexibility index (Phi) is 3.50. The molecule has 106 valence electrons. The van der Waals surface area contributed by atoms with E-state index in [1.807, 2.05) is 5.38 Å². The average molecular weight is 292 g/mol. The predicted octanol–water partition coefficient (Wildman–Crippen LogP) is 0.556. The first-order valence-electron chi connectivity index (χ1n) is 6.67. The van der Waals surface area contributed by atoms with E-state index in [0.717, 1.165) is 37.0 Å². The van der Waals surface area contributed by atoms with Crippen LogP contribution in [0.4, 0.5) is 5.13 Å². The maximum atomic E-state index is 9.89. The Morgan fingerprint density at radius 1 is 1.25 bits per heavy atom. The number of aromatic hydroxyl groups is 2. The van der Waals surface area contributed by atoms with Gasteiger partial charge in [-0.1, -0.05) is 0 Å². The van der Waals surface area contributed by atoms with Crippen molar-refractivity contribution in [2.75, 3.05) is 38.1 Å². The smallest absolute Gasteiger partial charge is 0.186 e. The second-order valence-corrected chi connectivity index (χ2v) is 6.00. The van der Waals surface area contributed by atoms with Gasteiger partial charge in [0.25, 0.3) is 0 Å². The molecular formula is C14H18N3O2S+. The summed E-state index contributed by atoms with van der Waals surface area (Å²) in [6.45, 7) is 4.28. The molecule has 1 fully saturated rings. The number of likely N-dealkylation sites (N-methyl/N-ethyl adjacent to an activating group) is 1. The minimum absolute atomic E-state index is 0.0590. The molecule has 1 aliphatic rings. The number of benzene rings is 1. The van der Waals surface area contributed by atoms with Gasteiger partial charge in [0.1, 0.15) is 11.5 Å². The molecule has 0 saturated carbocycles. The fourth-order valence-corrected chi connectivity index (χ4v) is 3.23. The van der Waals surface area contributed by atoms with E-state index in [1.54, 1.807) is 28.4 Å². The number of piperazine rings is 1. The van der Waals surface area contributed by atoms with Crippen LogP contribution < -0.4 is 9.80 Å². The third kappa shape index (κ3) is 2.57. The molecule has 1 aliphatic heterocycles. The van der Waals surface area contributed by atoms with Crippen LogP contribution in [0.15, 0.2) is 23.6 Å². The van der Waals surface area contributed by atoms with Gasteiger partial charge >= 0.3 is 0 Å². The lowest BCUT2D eigenvalue weighted by molar-refractivity contribution is -0.880. The number of hydrogen-bond acceptors (Lipinski definition) is 5. The van der Waals surface area contributed by atoms with Crippen LogP contribution in [0.1, 0.15) is 0 Å². The van der Waals surface area contributed by atoms with E-state index in [9.17, 15) is 10.2 Å². The molecule has 2 aromatic rings. The van der Waals surface area contributed by atoms with Gasteiger partial charge < -0.3 is 20.0 Å². The number of phenols is 2. The third-order valence-corrected chi connectivity index (χ3v) is 4.54. The summed E-state index contributed by atoms with van der Waals surface area (Å²) in [7, 11) is 2.21. The van der Waals surface area contributed by atoms with Gasteiger partial charge in [0.05, 0.1) is 38.9 Å². The van der Waals surface area contributed by atoms with Crippen LogP contribution in [0.3, 0.4) is 0 Å². The highest BCUT2D eigenvalue weighted by molar-refractivity contribution is 7.14. The Morgan fingerprint density at radius 2 is 2.00 bits per heavy atom. The molecule has 0 atom stereocenters. The molecule has 0 unspecified atom stereocenters. The number of quaternary nitrogens is 1. The van der Waals surface area contributed by atoms with Crippen molar-refractivity contribution >= 4 is 16.5 Å². The minimum Gasteiger partial charge on any atom is -0.508 e. The Bertz CT molecular complexity index is 606. The van der Waals surface area contributed by atoms with Crippen molar-refractivity contribution in [2.24, 2.45) is 0 Å². The summed E-state index contributed by atoms with van der Waals surface area (Å²) < 4.78 is 0. The fourth-order valence-electron chi connectivity index (χ4n) is 2.35. The monoisotopic (exact) mass is 292 g/mol. The lowest BCUT2D eigenvalue weighted by Gasteiger charge is -2.29. The van der Waals surface area contributed by atoms with Gasteiger partial charge in [-0.05, 0) is 12.1 Å². The van der Waals surface area contributed by atoms with Crippen LogP contribution in [0.2, 0.25) is 0 Å². The Morgan fingerprint density at radius 3 is 2.70 bits per heavy atom. The molecule has 0 spiro atoms. The predicted molar refractivity (Wildman–Crippen MR) is 79.7 cm³/mol. The van der Waals surface area contributed by atoms with Crippen molar-refractivity contribution in [3.63, 3.8) is 0 Å². The highest BCUT2D eigenvalue weighted by Crippen LogP contribution is 2.34. The second-order valence-electron chi connectivity index (χ2n) is 5.16. The number of thiazole rings is 1. The van der Waals surface area contributed by atoms with Crippen molar-refractivity contribution < 1.29 is 15.1 Å². The molecule has 0 aliphatic carbocycles. The number of anilines is 1. The molecule has 3 rings (SSSR count). The summed E-state index contributed by atoms with van der Waals surface area (Å²) in [5.41, 5.74) is 1.42. The molecule has 0 amide bonds. The Balaban J connectivity index is 1.83. The van der Waals surface area contributed by atoms with Crippen LogP contribution in [0.5, 0.6) is 11.5 Å². The largest absolute Gasteiger partial charge is 0.508 e. The molecule has 0 radical (unpaired) electrons. The normalized spacial score (nSPS) is 16.6. The number of rotatable bonds is 2. The SMILES string of the molecule is C[NH+]1CCN(c2nc(-c3ccc(O)cc3O)cs2)CC1. The Labute approximate surface area is 121 Å². The summed E-state index contributed by atoms with van der Waals surface area (Å²) in [5, 5.41) is 22.2. The molecular weight excluding hydrogens is 274 g/mol. The van der Waals surface area contributed by atoms with E-state index in [4.69, 9.17) is 0 Å². The van der Waals surface area contributed by atoms with Gasteiger partial charge in [-0.25, -0.2) is 4.98 Å². The first-order valence-corrected chi connectivity index (χ1v) is 7.55. The number of phenolic OH excluding ortho intramolecular Hbond substituents is 2. The van der Waals surface area contributed by atoms with Gasteiger partial charge in [0, 0.05) is 17.0 Å². The molecule has 5 nitrogen and oxygen atoms in total. The average Bonchev–Trinajstić information content (AvgIpc) is 2.89. The summed E-state index contributed by atoms with van der Waals surface area (Å²) >= 11 is 1.60. The van der Waals surface area contributed by atoms with Crippen molar-refractivity contribution in [1.82, 2.24) is 4.98 Å². The summed E-state index contributed by atoms with van der Waals surface area (Å²) in [4.78, 5) is 8.45. The number of nitrogens with zero attached hydrogens (tertiary/aromatic N) is 2. The Hall–Kier alpha value is -1.79. The molecule has 0 bridgehead atoms. The standard InChI is InChI=1S/C14H17N3O2S/c1-16-4-6-17(7-5-16)14-15-12(9-20-14)11-3-2-10(18)8-13(11)19/h2-3,8-9,18-19H,4-7H2,1H3/p+1.